The largest absolute Gasteiger partial charge is 0.392 e. The maximum Gasteiger partial charge on any atom is 0.0667 e. The fraction of sp³-hybridized carbons (Fsp3) is 0.625. The molecule has 3 heteroatoms. The molecule has 0 spiro atoms. The maximum atomic E-state index is 10.1. The number of rotatable bonds is 6. The predicted octanol–water partition coefficient (Wildman–Crippen LogP) is 3.93. The fourth-order valence-corrected chi connectivity index (χ4v) is 3.26. The summed E-state index contributed by atoms with van der Waals surface area (Å²) < 4.78 is 0. The van der Waals surface area contributed by atoms with Gasteiger partial charge in [-0.3, -0.25) is 0 Å². The average Bonchev–Trinajstić information content (AvgIpc) is 2.89. The summed E-state index contributed by atoms with van der Waals surface area (Å²) in [6.45, 7) is 2.73. The lowest BCUT2D eigenvalue weighted by Gasteiger charge is -2.20. The first-order chi connectivity index (χ1) is 9.16. The van der Waals surface area contributed by atoms with Crippen LogP contribution in [-0.4, -0.2) is 17.8 Å². The molecule has 106 valence electrons. The van der Waals surface area contributed by atoms with Crippen molar-refractivity contribution in [1.82, 2.24) is 5.32 Å². The molecular weight excluding hydrogens is 258 g/mol. The van der Waals surface area contributed by atoms with Gasteiger partial charge >= 0.3 is 0 Å². The Balaban J connectivity index is 1.76. The Morgan fingerprint density at radius 1 is 1.32 bits per heavy atom. The quantitative estimate of drug-likeness (QED) is 0.828. The number of hydrogen-bond acceptors (Lipinski definition) is 2. The molecule has 1 saturated carbocycles. The summed E-state index contributed by atoms with van der Waals surface area (Å²) >= 11 is 6.17. The minimum absolute atomic E-state index is 0.173. The third kappa shape index (κ3) is 4.48. The maximum absolute atomic E-state index is 10.1. The fourth-order valence-electron chi connectivity index (χ4n) is 2.96. The molecule has 1 fully saturated rings. The molecule has 2 N–H and O–H groups in total. The van der Waals surface area contributed by atoms with Crippen LogP contribution in [0.25, 0.3) is 0 Å². The summed E-state index contributed by atoms with van der Waals surface area (Å²) in [5.41, 5.74) is 1.09. The second-order valence-corrected chi connectivity index (χ2v) is 6.10. The minimum Gasteiger partial charge on any atom is -0.392 e. The van der Waals surface area contributed by atoms with E-state index in [1.807, 2.05) is 24.3 Å². The van der Waals surface area contributed by atoms with Crippen LogP contribution in [0.3, 0.4) is 0 Å². The van der Waals surface area contributed by atoms with Crippen LogP contribution in [0, 0.1) is 5.92 Å². The Hall–Kier alpha value is -0.570. The van der Waals surface area contributed by atoms with E-state index in [-0.39, 0.29) is 12.1 Å². The van der Waals surface area contributed by atoms with Crippen LogP contribution in [0.15, 0.2) is 24.3 Å². The molecule has 0 saturated heterocycles. The Bertz CT molecular complexity index is 390. The van der Waals surface area contributed by atoms with Gasteiger partial charge in [0.15, 0.2) is 0 Å². The third-order valence-corrected chi connectivity index (χ3v) is 4.46. The second-order valence-electron chi connectivity index (χ2n) is 5.69. The van der Waals surface area contributed by atoms with Gasteiger partial charge in [0.05, 0.1) is 6.10 Å². The van der Waals surface area contributed by atoms with Gasteiger partial charge in [-0.1, -0.05) is 55.5 Å². The van der Waals surface area contributed by atoms with Crippen molar-refractivity contribution in [3.63, 3.8) is 0 Å². The number of hydrogen-bond donors (Lipinski definition) is 2. The molecule has 1 aliphatic carbocycles. The number of benzene rings is 1. The Labute approximate surface area is 121 Å². The van der Waals surface area contributed by atoms with Crippen molar-refractivity contribution in [3.8, 4) is 0 Å². The molecule has 1 unspecified atom stereocenters. The van der Waals surface area contributed by atoms with E-state index in [2.05, 4.69) is 12.2 Å². The molecule has 2 rings (SSSR count). The lowest BCUT2D eigenvalue weighted by atomic mass is 9.99. The van der Waals surface area contributed by atoms with E-state index in [1.54, 1.807) is 0 Å². The van der Waals surface area contributed by atoms with Crippen LogP contribution in [-0.2, 0) is 0 Å². The van der Waals surface area contributed by atoms with Gasteiger partial charge < -0.3 is 10.4 Å². The first-order valence-electron chi connectivity index (χ1n) is 7.32. The van der Waals surface area contributed by atoms with E-state index in [4.69, 9.17) is 11.6 Å². The molecule has 0 amide bonds. The Kier molecular flexibility index (Phi) is 5.68. The lowest BCUT2D eigenvalue weighted by molar-refractivity contribution is 0.137. The summed E-state index contributed by atoms with van der Waals surface area (Å²) in [5.74, 6) is 0.729. The highest BCUT2D eigenvalue weighted by Crippen LogP contribution is 2.28. The zero-order valence-corrected chi connectivity index (χ0v) is 12.4. The van der Waals surface area contributed by atoms with Gasteiger partial charge in [-0.25, -0.2) is 0 Å². The standard InChI is InChI=1S/C16H24ClNO/c1-12(15-8-4-5-9-16(15)17)18-11-14(19)10-13-6-2-3-7-13/h4-5,8-9,12-14,18-19H,2-3,6-7,10-11H2,1H3/t12-,14?/m0/s1. The van der Waals surface area contributed by atoms with Gasteiger partial charge in [0.25, 0.3) is 0 Å². The van der Waals surface area contributed by atoms with Crippen LogP contribution in [0.2, 0.25) is 5.02 Å². The zero-order chi connectivity index (χ0) is 13.7. The highest BCUT2D eigenvalue weighted by atomic mass is 35.5. The van der Waals surface area contributed by atoms with E-state index < -0.39 is 0 Å². The highest BCUT2D eigenvalue weighted by Gasteiger charge is 2.19. The molecule has 0 radical (unpaired) electrons. The average molecular weight is 282 g/mol. The number of aliphatic hydroxyl groups excluding tert-OH is 1. The van der Waals surface area contributed by atoms with E-state index >= 15 is 0 Å². The first-order valence-corrected chi connectivity index (χ1v) is 7.70. The molecule has 2 nitrogen and oxygen atoms in total. The van der Waals surface area contributed by atoms with E-state index in [0.29, 0.717) is 6.54 Å². The van der Waals surface area contributed by atoms with E-state index in [0.717, 1.165) is 22.9 Å². The van der Waals surface area contributed by atoms with Gasteiger partial charge in [0, 0.05) is 17.6 Å². The highest BCUT2D eigenvalue weighted by molar-refractivity contribution is 6.31. The number of halogens is 1. The number of aliphatic hydroxyl groups is 1. The van der Waals surface area contributed by atoms with Crippen molar-refractivity contribution in [1.29, 1.82) is 0 Å². The van der Waals surface area contributed by atoms with Gasteiger partial charge in [-0.05, 0) is 30.9 Å². The van der Waals surface area contributed by atoms with Gasteiger partial charge in [0.2, 0.25) is 0 Å². The van der Waals surface area contributed by atoms with Crippen LogP contribution in [0.1, 0.15) is 50.6 Å². The first kappa shape index (κ1) is 14.8. The minimum atomic E-state index is -0.243. The molecule has 2 atom stereocenters. The van der Waals surface area contributed by atoms with Gasteiger partial charge in [-0.2, -0.15) is 0 Å². The molecule has 1 aromatic carbocycles. The predicted molar refractivity (Wildman–Crippen MR) is 80.5 cm³/mol. The molecule has 1 aliphatic rings. The Morgan fingerprint density at radius 3 is 2.68 bits per heavy atom. The zero-order valence-electron chi connectivity index (χ0n) is 11.6. The summed E-state index contributed by atoms with van der Waals surface area (Å²) in [4.78, 5) is 0. The molecule has 1 aromatic rings. The number of nitrogens with one attached hydrogen (secondary N) is 1. The second kappa shape index (κ2) is 7.28. The van der Waals surface area contributed by atoms with Crippen molar-refractivity contribution in [3.05, 3.63) is 34.9 Å². The Morgan fingerprint density at radius 2 is 2.00 bits per heavy atom. The molecule has 0 aromatic heterocycles. The van der Waals surface area contributed by atoms with Crippen LogP contribution >= 0.6 is 11.6 Å². The third-order valence-electron chi connectivity index (χ3n) is 4.11. The summed E-state index contributed by atoms with van der Waals surface area (Å²) in [5, 5.41) is 14.2. The SMILES string of the molecule is C[C@H](NCC(O)CC1CCCC1)c1ccccc1Cl. The van der Waals surface area contributed by atoms with Crippen molar-refractivity contribution < 1.29 is 5.11 Å². The summed E-state index contributed by atoms with van der Waals surface area (Å²) in [6, 6.07) is 8.04. The molecular formula is C16H24ClNO. The molecule has 0 bridgehead atoms. The molecule has 19 heavy (non-hydrogen) atoms. The van der Waals surface area contributed by atoms with Crippen molar-refractivity contribution in [2.75, 3.05) is 6.54 Å². The summed E-state index contributed by atoms with van der Waals surface area (Å²) in [6.07, 6.45) is 5.94. The topological polar surface area (TPSA) is 32.3 Å². The molecule has 0 aliphatic heterocycles. The van der Waals surface area contributed by atoms with Crippen LogP contribution in [0.5, 0.6) is 0 Å². The van der Waals surface area contributed by atoms with Crippen molar-refractivity contribution in [2.45, 2.75) is 51.2 Å². The van der Waals surface area contributed by atoms with Crippen LogP contribution < -0.4 is 5.32 Å². The van der Waals surface area contributed by atoms with Gasteiger partial charge in [0.1, 0.15) is 0 Å². The van der Waals surface area contributed by atoms with Crippen molar-refractivity contribution >= 4 is 11.6 Å². The summed E-state index contributed by atoms with van der Waals surface area (Å²) in [7, 11) is 0. The monoisotopic (exact) mass is 281 g/mol. The molecule has 0 heterocycles. The van der Waals surface area contributed by atoms with E-state index in [9.17, 15) is 5.11 Å². The lowest BCUT2D eigenvalue weighted by Crippen LogP contribution is -2.30. The van der Waals surface area contributed by atoms with E-state index in [1.165, 1.54) is 25.7 Å². The van der Waals surface area contributed by atoms with Crippen LogP contribution in [0.4, 0.5) is 0 Å². The van der Waals surface area contributed by atoms with Gasteiger partial charge in [-0.15, -0.1) is 0 Å². The smallest absolute Gasteiger partial charge is 0.0667 e. The normalized spacial score (nSPS) is 19.5. The van der Waals surface area contributed by atoms with Crippen molar-refractivity contribution in [2.24, 2.45) is 5.92 Å².